The molecular weight excluding hydrogens is 374 g/mol. The van der Waals surface area contributed by atoms with Crippen LogP contribution in [-0.4, -0.2) is 39.4 Å². The molecule has 1 fully saturated rings. The van der Waals surface area contributed by atoms with E-state index in [1.807, 2.05) is 16.8 Å². The van der Waals surface area contributed by atoms with Crippen LogP contribution in [0, 0.1) is 10.1 Å². The van der Waals surface area contributed by atoms with Crippen LogP contribution in [0.2, 0.25) is 0 Å². The van der Waals surface area contributed by atoms with Gasteiger partial charge in [0.15, 0.2) is 0 Å². The molecule has 0 radical (unpaired) electrons. The Hall–Kier alpha value is -3.01. The summed E-state index contributed by atoms with van der Waals surface area (Å²) < 4.78 is 5.46. The third kappa shape index (κ3) is 4.22. The van der Waals surface area contributed by atoms with E-state index in [0.29, 0.717) is 6.54 Å². The van der Waals surface area contributed by atoms with Gasteiger partial charge in [0.05, 0.1) is 17.6 Å². The molecule has 2 heterocycles. The van der Waals surface area contributed by atoms with Crippen LogP contribution in [0.4, 0.5) is 5.69 Å². The first kappa shape index (κ1) is 18.8. The summed E-state index contributed by atoms with van der Waals surface area (Å²) in [5.74, 6) is -1.15. The summed E-state index contributed by atoms with van der Waals surface area (Å²) in [6.07, 6.45) is 2.88. The molecule has 3 rings (SSSR count). The second-order valence-corrected chi connectivity index (χ2v) is 6.96. The number of carbonyl (C=O) groups excluding carboxylic acids is 2. The van der Waals surface area contributed by atoms with Crippen molar-refractivity contribution in [1.29, 1.82) is 0 Å². The number of pyridine rings is 1. The monoisotopic (exact) mass is 391 g/mol. The Morgan fingerprint density at radius 3 is 2.74 bits per heavy atom. The minimum atomic E-state index is -0.938. The summed E-state index contributed by atoms with van der Waals surface area (Å²) in [5.41, 5.74) is -0.886. The van der Waals surface area contributed by atoms with Crippen molar-refractivity contribution in [2.75, 3.05) is 7.11 Å². The SMILES string of the molecule is COC(=O)c1cc([N+](=O)[O-])c(=O)n(CC(=O)N(Cc2ccsc2)C2CC2)c1. The summed E-state index contributed by atoms with van der Waals surface area (Å²) in [6, 6.07) is 2.88. The first-order valence-corrected chi connectivity index (χ1v) is 9.12. The number of hydrogen-bond donors (Lipinski definition) is 0. The number of methoxy groups -OCH3 is 1. The lowest BCUT2D eigenvalue weighted by atomic mass is 10.2. The predicted octanol–water partition coefficient (Wildman–Crippen LogP) is 1.80. The third-order valence-corrected chi connectivity index (χ3v) is 4.96. The summed E-state index contributed by atoms with van der Waals surface area (Å²) in [4.78, 5) is 48.8. The minimum Gasteiger partial charge on any atom is -0.465 e. The molecule has 9 nitrogen and oxygen atoms in total. The van der Waals surface area contributed by atoms with E-state index in [0.717, 1.165) is 42.3 Å². The number of aromatic nitrogens is 1. The van der Waals surface area contributed by atoms with Crippen LogP contribution in [0.15, 0.2) is 33.9 Å². The molecule has 1 aliphatic rings. The fourth-order valence-corrected chi connectivity index (χ4v) is 3.38. The highest BCUT2D eigenvalue weighted by molar-refractivity contribution is 7.07. The normalized spacial score (nSPS) is 13.2. The highest BCUT2D eigenvalue weighted by Gasteiger charge is 2.33. The molecule has 0 spiro atoms. The Balaban J connectivity index is 1.89. The van der Waals surface area contributed by atoms with Gasteiger partial charge >= 0.3 is 17.2 Å². The Morgan fingerprint density at radius 2 is 2.19 bits per heavy atom. The quantitative estimate of drug-likeness (QED) is 0.404. The van der Waals surface area contributed by atoms with E-state index in [9.17, 15) is 24.5 Å². The van der Waals surface area contributed by atoms with E-state index in [1.54, 1.807) is 4.90 Å². The van der Waals surface area contributed by atoms with E-state index in [4.69, 9.17) is 0 Å². The number of nitrogens with zero attached hydrogens (tertiary/aromatic N) is 3. The lowest BCUT2D eigenvalue weighted by Gasteiger charge is -2.22. The highest BCUT2D eigenvalue weighted by Crippen LogP contribution is 2.29. The number of carbonyl (C=O) groups is 2. The van der Waals surface area contributed by atoms with Crippen LogP contribution in [0.25, 0.3) is 0 Å². The highest BCUT2D eigenvalue weighted by atomic mass is 32.1. The van der Waals surface area contributed by atoms with Gasteiger partial charge in [-0.3, -0.25) is 24.3 Å². The number of nitro groups is 1. The summed E-state index contributed by atoms with van der Waals surface area (Å²) in [5, 5.41) is 15.0. The zero-order chi connectivity index (χ0) is 19.6. The van der Waals surface area contributed by atoms with E-state index in [-0.39, 0.29) is 24.1 Å². The van der Waals surface area contributed by atoms with E-state index in [2.05, 4.69) is 4.74 Å². The summed E-state index contributed by atoms with van der Waals surface area (Å²) in [6.45, 7) is 0.0334. The number of esters is 1. The predicted molar refractivity (Wildman–Crippen MR) is 96.6 cm³/mol. The fourth-order valence-electron chi connectivity index (χ4n) is 2.72. The minimum absolute atomic E-state index is 0.104. The summed E-state index contributed by atoms with van der Waals surface area (Å²) >= 11 is 1.53. The lowest BCUT2D eigenvalue weighted by molar-refractivity contribution is -0.386. The number of amides is 1. The van der Waals surface area contributed by atoms with Crippen molar-refractivity contribution in [3.8, 4) is 0 Å². The molecular formula is C17H17N3O6S. The van der Waals surface area contributed by atoms with Crippen LogP contribution in [0.3, 0.4) is 0 Å². The Kier molecular flexibility index (Phi) is 5.36. The average molecular weight is 391 g/mol. The number of rotatable bonds is 7. The molecule has 1 aliphatic carbocycles. The Morgan fingerprint density at radius 1 is 1.44 bits per heavy atom. The van der Waals surface area contributed by atoms with Crippen molar-refractivity contribution >= 4 is 28.9 Å². The van der Waals surface area contributed by atoms with Gasteiger partial charge in [-0.1, -0.05) is 0 Å². The van der Waals surface area contributed by atoms with Gasteiger partial charge in [0.1, 0.15) is 6.54 Å². The zero-order valence-electron chi connectivity index (χ0n) is 14.5. The van der Waals surface area contributed by atoms with Crippen LogP contribution in [0.1, 0.15) is 28.8 Å². The molecule has 0 atom stereocenters. The largest absolute Gasteiger partial charge is 0.465 e. The molecule has 1 amide bonds. The number of hydrogen-bond acceptors (Lipinski definition) is 7. The smallest absolute Gasteiger partial charge is 0.339 e. The van der Waals surface area contributed by atoms with Crippen molar-refractivity contribution in [3.63, 3.8) is 0 Å². The Labute approximate surface area is 157 Å². The maximum atomic E-state index is 12.8. The molecule has 0 bridgehead atoms. The molecule has 2 aromatic rings. The topological polar surface area (TPSA) is 112 Å². The van der Waals surface area contributed by atoms with Gasteiger partial charge in [-0.15, -0.1) is 0 Å². The molecule has 0 saturated heterocycles. The molecule has 0 N–H and O–H groups in total. The van der Waals surface area contributed by atoms with Crippen molar-refractivity contribution in [2.45, 2.75) is 32.0 Å². The zero-order valence-corrected chi connectivity index (χ0v) is 15.3. The van der Waals surface area contributed by atoms with Gasteiger partial charge in [0, 0.05) is 24.8 Å². The maximum absolute atomic E-state index is 12.8. The molecule has 27 heavy (non-hydrogen) atoms. The van der Waals surface area contributed by atoms with Gasteiger partial charge in [-0.2, -0.15) is 11.3 Å². The molecule has 142 valence electrons. The second-order valence-electron chi connectivity index (χ2n) is 6.18. The van der Waals surface area contributed by atoms with Gasteiger partial charge < -0.3 is 9.64 Å². The van der Waals surface area contributed by atoms with Gasteiger partial charge in [0.2, 0.25) is 5.91 Å². The second kappa shape index (κ2) is 7.70. The molecule has 0 aromatic carbocycles. The standard InChI is InChI=1S/C17H17N3O6S/c1-26-17(23)12-6-14(20(24)25)16(22)18(8-12)9-15(21)19(13-2-3-13)7-11-4-5-27-10-11/h4-6,8,10,13H,2-3,7,9H2,1H3. The third-order valence-electron chi connectivity index (χ3n) is 4.23. The van der Waals surface area contributed by atoms with Gasteiger partial charge in [-0.05, 0) is 35.2 Å². The molecule has 0 unspecified atom stereocenters. The van der Waals surface area contributed by atoms with Crippen molar-refractivity contribution in [3.05, 3.63) is 60.7 Å². The lowest BCUT2D eigenvalue weighted by Crippen LogP contribution is -2.38. The van der Waals surface area contributed by atoms with Crippen LogP contribution in [-0.2, 0) is 22.6 Å². The first-order valence-electron chi connectivity index (χ1n) is 8.18. The number of ether oxygens (including phenoxy) is 1. The summed E-state index contributed by atoms with van der Waals surface area (Å²) in [7, 11) is 1.13. The van der Waals surface area contributed by atoms with Gasteiger partial charge in [0.25, 0.3) is 0 Å². The first-order chi connectivity index (χ1) is 12.9. The fraction of sp³-hybridized carbons (Fsp3) is 0.353. The average Bonchev–Trinajstić information content (AvgIpc) is 3.35. The Bertz CT molecular complexity index is 933. The molecule has 10 heteroatoms. The van der Waals surface area contributed by atoms with Crippen LogP contribution in [0.5, 0.6) is 0 Å². The van der Waals surface area contributed by atoms with Crippen LogP contribution >= 0.6 is 11.3 Å². The molecule has 1 saturated carbocycles. The van der Waals surface area contributed by atoms with Crippen molar-refractivity contribution in [1.82, 2.24) is 9.47 Å². The van der Waals surface area contributed by atoms with Gasteiger partial charge in [-0.25, -0.2) is 4.79 Å². The van der Waals surface area contributed by atoms with E-state index in [1.165, 1.54) is 11.3 Å². The molecule has 2 aromatic heterocycles. The van der Waals surface area contributed by atoms with E-state index < -0.39 is 22.1 Å². The van der Waals surface area contributed by atoms with Crippen molar-refractivity contribution < 1.29 is 19.2 Å². The van der Waals surface area contributed by atoms with E-state index >= 15 is 0 Å². The van der Waals surface area contributed by atoms with Crippen LogP contribution < -0.4 is 5.56 Å². The number of thiophene rings is 1. The molecule has 0 aliphatic heterocycles. The van der Waals surface area contributed by atoms with Crippen molar-refractivity contribution in [2.24, 2.45) is 0 Å². The maximum Gasteiger partial charge on any atom is 0.339 e.